The molecular formula is C20H14O7. The Morgan fingerprint density at radius 3 is 2.67 bits per heavy atom. The van der Waals surface area contributed by atoms with Gasteiger partial charge in [0.2, 0.25) is 5.79 Å². The van der Waals surface area contributed by atoms with E-state index >= 15 is 0 Å². The molecule has 0 aromatic heterocycles. The van der Waals surface area contributed by atoms with Gasteiger partial charge < -0.3 is 19.7 Å². The van der Waals surface area contributed by atoms with Gasteiger partial charge in [-0.05, 0) is 18.2 Å². The highest BCUT2D eigenvalue weighted by atomic mass is 16.8. The lowest BCUT2D eigenvalue weighted by Crippen LogP contribution is -2.63. The Hall–Kier alpha value is -2.90. The van der Waals surface area contributed by atoms with Gasteiger partial charge in [-0.15, -0.1) is 0 Å². The van der Waals surface area contributed by atoms with Gasteiger partial charge >= 0.3 is 0 Å². The van der Waals surface area contributed by atoms with Crippen molar-refractivity contribution in [3.63, 3.8) is 0 Å². The molecule has 6 rings (SSSR count). The van der Waals surface area contributed by atoms with Gasteiger partial charge in [0.25, 0.3) is 5.79 Å². The van der Waals surface area contributed by atoms with Crippen molar-refractivity contribution in [3.8, 4) is 17.2 Å². The Kier molecular flexibility index (Phi) is 2.53. The molecule has 3 atom stereocenters. The number of carbonyl (C=O) groups excluding carboxylic acids is 2. The van der Waals surface area contributed by atoms with Crippen molar-refractivity contribution in [3.05, 3.63) is 52.6 Å². The van der Waals surface area contributed by atoms with Crippen LogP contribution in [0.1, 0.15) is 51.1 Å². The zero-order valence-corrected chi connectivity index (χ0v) is 14.0. The summed E-state index contributed by atoms with van der Waals surface area (Å²) in [7, 11) is 0. The van der Waals surface area contributed by atoms with E-state index in [-0.39, 0.29) is 42.1 Å². The first-order chi connectivity index (χ1) is 13.0. The molecular weight excluding hydrogens is 352 g/mol. The molecule has 0 saturated carbocycles. The highest BCUT2D eigenvalue weighted by Crippen LogP contribution is 2.61. The Labute approximate surface area is 153 Å². The topological polar surface area (TPSA) is 102 Å². The number of benzene rings is 2. The number of Topliss-reactive ketones (excluding diaryl/α,β-unsaturated/α-hetero) is 2. The molecule has 2 aliphatic heterocycles. The van der Waals surface area contributed by atoms with Crippen molar-refractivity contribution in [2.45, 2.75) is 36.9 Å². The van der Waals surface area contributed by atoms with Crippen LogP contribution in [-0.2, 0) is 16.3 Å². The maximum absolute atomic E-state index is 12.4. The minimum atomic E-state index is -1.60. The smallest absolute Gasteiger partial charge is 0.271 e. The van der Waals surface area contributed by atoms with Crippen molar-refractivity contribution in [2.75, 3.05) is 0 Å². The maximum atomic E-state index is 12.4. The second kappa shape index (κ2) is 4.49. The summed E-state index contributed by atoms with van der Waals surface area (Å²) in [6.45, 7) is 0. The zero-order chi connectivity index (χ0) is 18.6. The molecule has 27 heavy (non-hydrogen) atoms. The van der Waals surface area contributed by atoms with Gasteiger partial charge in [-0.2, -0.15) is 0 Å². The van der Waals surface area contributed by atoms with Crippen LogP contribution >= 0.6 is 0 Å². The first-order valence-electron chi connectivity index (χ1n) is 8.78. The fourth-order valence-corrected chi connectivity index (χ4v) is 4.71. The van der Waals surface area contributed by atoms with E-state index < -0.39 is 17.7 Å². The molecule has 0 amide bonds. The summed E-state index contributed by atoms with van der Waals surface area (Å²) in [6, 6.07) is 7.97. The molecule has 0 fully saturated rings. The van der Waals surface area contributed by atoms with Crippen molar-refractivity contribution in [2.24, 2.45) is 0 Å². The summed E-state index contributed by atoms with van der Waals surface area (Å²) in [5.41, 5.74) is 1.22. The van der Waals surface area contributed by atoms with Gasteiger partial charge in [-0.25, -0.2) is 0 Å². The van der Waals surface area contributed by atoms with Gasteiger partial charge in [0.05, 0.1) is 16.7 Å². The number of ether oxygens (including phenoxy) is 3. The van der Waals surface area contributed by atoms with E-state index in [1.807, 2.05) is 0 Å². The molecule has 136 valence electrons. The first kappa shape index (κ1) is 15.2. The third-order valence-electron chi connectivity index (χ3n) is 5.83. The average Bonchev–Trinajstić information content (AvgIpc) is 2.64. The molecule has 2 unspecified atom stereocenters. The Balaban J connectivity index is 1.71. The lowest BCUT2D eigenvalue weighted by molar-refractivity contribution is -0.385. The third kappa shape index (κ3) is 1.60. The lowest BCUT2D eigenvalue weighted by Gasteiger charge is -2.56. The number of phenolic OH excluding ortho intramolecular Hbond substituents is 1. The molecule has 2 bridgehead atoms. The van der Waals surface area contributed by atoms with Crippen LogP contribution in [0.5, 0.6) is 17.2 Å². The van der Waals surface area contributed by atoms with Gasteiger partial charge in [-0.1, -0.05) is 12.1 Å². The highest BCUT2D eigenvalue weighted by molar-refractivity contribution is 6.03. The van der Waals surface area contributed by atoms with E-state index in [2.05, 4.69) is 0 Å². The van der Waals surface area contributed by atoms with Crippen LogP contribution in [-0.4, -0.2) is 27.9 Å². The Morgan fingerprint density at radius 2 is 1.81 bits per heavy atom. The molecule has 2 spiro atoms. The normalized spacial score (nSPS) is 32.1. The zero-order valence-electron chi connectivity index (χ0n) is 14.0. The molecule has 2 N–H and O–H groups in total. The summed E-state index contributed by atoms with van der Waals surface area (Å²) in [6.07, 6.45) is -1.05. The van der Waals surface area contributed by atoms with E-state index in [0.29, 0.717) is 28.2 Å². The molecule has 7 heteroatoms. The average molecular weight is 366 g/mol. The number of carbonyl (C=O) groups is 2. The van der Waals surface area contributed by atoms with Gasteiger partial charge in [0, 0.05) is 24.8 Å². The quantitative estimate of drug-likeness (QED) is 0.736. The number of hydrogen-bond acceptors (Lipinski definition) is 7. The molecule has 7 nitrogen and oxygen atoms in total. The van der Waals surface area contributed by atoms with Crippen molar-refractivity contribution >= 4 is 11.6 Å². The van der Waals surface area contributed by atoms with Gasteiger partial charge in [0.15, 0.2) is 11.6 Å². The van der Waals surface area contributed by atoms with Crippen LogP contribution in [0.4, 0.5) is 0 Å². The minimum absolute atomic E-state index is 0.115. The Morgan fingerprint density at radius 1 is 1.00 bits per heavy atom. The number of hydrogen-bond donors (Lipinski definition) is 2. The standard InChI is InChI=1S/C20H14O7/c21-10-4-5-14-18-16(10)11(22)6-7-19(18)25-13-3-1-2-9-12(23)8-15(24)20(26-14,27-19)17(9)13/h1-5,15,21,24H,6-8H2/t15-,19?,20?/m1/s1. The predicted molar refractivity (Wildman–Crippen MR) is 88.8 cm³/mol. The van der Waals surface area contributed by atoms with Crippen molar-refractivity contribution in [1.82, 2.24) is 0 Å². The number of ketones is 2. The SMILES string of the molecule is O=C1C[C@@H](O)C23Oc4ccc(O)c5c4C(CCC5=O)(Oc4cccc1c42)O3. The van der Waals surface area contributed by atoms with Crippen molar-refractivity contribution in [1.29, 1.82) is 0 Å². The number of aliphatic hydroxyl groups excluding tert-OH is 1. The van der Waals surface area contributed by atoms with Gasteiger partial charge in [0.1, 0.15) is 23.4 Å². The molecule has 0 saturated heterocycles. The van der Waals surface area contributed by atoms with E-state index in [0.717, 1.165) is 0 Å². The predicted octanol–water partition coefficient (Wildman–Crippen LogP) is 2.12. The van der Waals surface area contributed by atoms with Crippen LogP contribution in [0.15, 0.2) is 30.3 Å². The Bertz CT molecular complexity index is 1070. The second-order valence-electron chi connectivity index (χ2n) is 7.30. The summed E-state index contributed by atoms with van der Waals surface area (Å²) >= 11 is 0. The number of aliphatic hydroxyl groups is 1. The van der Waals surface area contributed by atoms with Gasteiger partial charge in [-0.3, -0.25) is 14.3 Å². The molecule has 2 aromatic rings. The number of phenols is 1. The summed E-state index contributed by atoms with van der Waals surface area (Å²) < 4.78 is 18.6. The fraction of sp³-hybridized carbons (Fsp3) is 0.300. The molecule has 4 aliphatic rings. The highest BCUT2D eigenvalue weighted by Gasteiger charge is 2.65. The van der Waals surface area contributed by atoms with Crippen LogP contribution in [0.2, 0.25) is 0 Å². The maximum Gasteiger partial charge on any atom is 0.271 e. The van der Waals surface area contributed by atoms with Crippen LogP contribution in [0.3, 0.4) is 0 Å². The molecule has 2 aromatic carbocycles. The van der Waals surface area contributed by atoms with E-state index in [9.17, 15) is 19.8 Å². The molecule has 0 radical (unpaired) electrons. The molecule has 2 aliphatic carbocycles. The van der Waals surface area contributed by atoms with E-state index in [1.165, 1.54) is 12.1 Å². The number of aromatic hydroxyl groups is 1. The first-order valence-corrected chi connectivity index (χ1v) is 8.78. The largest absolute Gasteiger partial charge is 0.507 e. The third-order valence-corrected chi connectivity index (χ3v) is 5.83. The fourth-order valence-electron chi connectivity index (χ4n) is 4.71. The van der Waals surface area contributed by atoms with E-state index in [1.54, 1.807) is 18.2 Å². The van der Waals surface area contributed by atoms with Crippen molar-refractivity contribution < 1.29 is 34.0 Å². The van der Waals surface area contributed by atoms with E-state index in [4.69, 9.17) is 14.2 Å². The second-order valence-corrected chi connectivity index (χ2v) is 7.30. The lowest BCUT2D eigenvalue weighted by atomic mass is 9.77. The van der Waals surface area contributed by atoms with Crippen LogP contribution < -0.4 is 9.47 Å². The van der Waals surface area contributed by atoms with Crippen LogP contribution in [0.25, 0.3) is 0 Å². The summed E-state index contributed by atoms with van der Waals surface area (Å²) in [4.78, 5) is 24.9. The molecule has 2 heterocycles. The monoisotopic (exact) mass is 366 g/mol. The van der Waals surface area contributed by atoms with Crippen LogP contribution in [0, 0.1) is 0 Å². The minimum Gasteiger partial charge on any atom is -0.507 e. The number of rotatable bonds is 0. The summed E-state index contributed by atoms with van der Waals surface area (Å²) in [5, 5.41) is 21.1. The summed E-state index contributed by atoms with van der Waals surface area (Å²) in [5.74, 6) is -2.89.